The van der Waals surface area contributed by atoms with Gasteiger partial charge in [0.15, 0.2) is 5.82 Å². The van der Waals surface area contributed by atoms with E-state index in [1.165, 1.54) is 0 Å². The van der Waals surface area contributed by atoms with Gasteiger partial charge in [-0.15, -0.1) is 0 Å². The third kappa shape index (κ3) is 3.42. The van der Waals surface area contributed by atoms with Crippen molar-refractivity contribution in [1.82, 2.24) is 15.1 Å². The molecule has 0 radical (unpaired) electrons. The van der Waals surface area contributed by atoms with Gasteiger partial charge >= 0.3 is 0 Å². The Balaban J connectivity index is 1.73. The zero-order valence-electron chi connectivity index (χ0n) is 12.9. The summed E-state index contributed by atoms with van der Waals surface area (Å²) in [4.78, 5) is 20.4. The van der Waals surface area contributed by atoms with E-state index in [4.69, 9.17) is 4.52 Å². The van der Waals surface area contributed by atoms with Gasteiger partial charge in [0.2, 0.25) is 0 Å². The van der Waals surface area contributed by atoms with E-state index in [1.54, 1.807) is 36.5 Å². The number of carbonyl (C=O) groups excluding carboxylic acids is 1. The van der Waals surface area contributed by atoms with Crippen molar-refractivity contribution in [3.63, 3.8) is 0 Å². The third-order valence-electron chi connectivity index (χ3n) is 3.25. The number of hydrogen-bond donors (Lipinski definition) is 1. The monoisotopic (exact) mass is 308 g/mol. The molecule has 1 aromatic carbocycles. The highest BCUT2D eigenvalue weighted by Crippen LogP contribution is 2.22. The van der Waals surface area contributed by atoms with Gasteiger partial charge in [-0.2, -0.15) is 4.98 Å². The summed E-state index contributed by atoms with van der Waals surface area (Å²) in [5.74, 6) is 1.10. The van der Waals surface area contributed by atoms with E-state index in [-0.39, 0.29) is 11.8 Å². The van der Waals surface area contributed by atoms with Crippen LogP contribution in [0.3, 0.4) is 0 Å². The van der Waals surface area contributed by atoms with Gasteiger partial charge in [-0.3, -0.25) is 9.78 Å². The number of nitrogens with zero attached hydrogens (tertiary/aromatic N) is 3. The van der Waals surface area contributed by atoms with E-state index in [0.717, 1.165) is 5.56 Å². The molecule has 0 aliphatic rings. The molecule has 0 aliphatic heterocycles. The van der Waals surface area contributed by atoms with Crippen molar-refractivity contribution in [3.05, 3.63) is 60.2 Å². The first-order chi connectivity index (χ1) is 11.1. The van der Waals surface area contributed by atoms with Crippen LogP contribution in [-0.2, 0) is 0 Å². The molecule has 116 valence electrons. The number of benzene rings is 1. The van der Waals surface area contributed by atoms with Gasteiger partial charge in [0, 0.05) is 23.4 Å². The smallest absolute Gasteiger partial charge is 0.274 e. The maximum Gasteiger partial charge on any atom is 0.274 e. The predicted molar refractivity (Wildman–Crippen MR) is 86.0 cm³/mol. The van der Waals surface area contributed by atoms with E-state index in [2.05, 4.69) is 20.4 Å². The molecular formula is C17H16N4O2. The average Bonchev–Trinajstić information content (AvgIpc) is 3.07. The van der Waals surface area contributed by atoms with Crippen LogP contribution in [0.5, 0.6) is 0 Å². The molecule has 6 nitrogen and oxygen atoms in total. The van der Waals surface area contributed by atoms with Crippen molar-refractivity contribution in [3.8, 4) is 11.5 Å². The molecule has 0 saturated heterocycles. The van der Waals surface area contributed by atoms with Crippen LogP contribution in [0.1, 0.15) is 36.1 Å². The normalized spacial score (nSPS) is 10.7. The molecule has 3 rings (SSSR count). The molecule has 0 unspecified atom stereocenters. The molecule has 23 heavy (non-hydrogen) atoms. The molecule has 2 aromatic heterocycles. The molecule has 2 heterocycles. The van der Waals surface area contributed by atoms with E-state index in [9.17, 15) is 4.79 Å². The summed E-state index contributed by atoms with van der Waals surface area (Å²) in [5.41, 5.74) is 1.85. The van der Waals surface area contributed by atoms with E-state index in [0.29, 0.717) is 23.1 Å². The Kier molecular flexibility index (Phi) is 4.14. The van der Waals surface area contributed by atoms with Gasteiger partial charge < -0.3 is 9.84 Å². The SMILES string of the molecule is CC(C)c1noc(-c2ccc(NC(=O)c3ccccn3)cc2)n1. The lowest BCUT2D eigenvalue weighted by Crippen LogP contribution is -2.13. The predicted octanol–water partition coefficient (Wildman–Crippen LogP) is 3.51. The molecule has 3 aromatic rings. The van der Waals surface area contributed by atoms with Crippen LogP contribution in [-0.4, -0.2) is 21.0 Å². The number of amides is 1. The first-order valence-electron chi connectivity index (χ1n) is 7.30. The summed E-state index contributed by atoms with van der Waals surface area (Å²) in [6.45, 7) is 4.01. The zero-order valence-corrected chi connectivity index (χ0v) is 12.9. The Morgan fingerprint density at radius 3 is 2.52 bits per heavy atom. The van der Waals surface area contributed by atoms with Gasteiger partial charge in [-0.05, 0) is 36.4 Å². The van der Waals surface area contributed by atoms with Crippen molar-refractivity contribution in [2.24, 2.45) is 0 Å². The second kappa shape index (κ2) is 6.39. The van der Waals surface area contributed by atoms with Crippen molar-refractivity contribution >= 4 is 11.6 Å². The highest BCUT2D eigenvalue weighted by atomic mass is 16.5. The molecule has 1 amide bonds. The summed E-state index contributed by atoms with van der Waals surface area (Å²) in [6, 6.07) is 12.4. The number of anilines is 1. The van der Waals surface area contributed by atoms with Gasteiger partial charge in [0.1, 0.15) is 5.69 Å². The third-order valence-corrected chi connectivity index (χ3v) is 3.25. The molecule has 0 spiro atoms. The lowest BCUT2D eigenvalue weighted by molar-refractivity contribution is 0.102. The van der Waals surface area contributed by atoms with Gasteiger partial charge in [0.05, 0.1) is 0 Å². The fraction of sp³-hybridized carbons (Fsp3) is 0.176. The van der Waals surface area contributed by atoms with Crippen LogP contribution in [0.15, 0.2) is 53.2 Å². The Bertz CT molecular complexity index is 795. The molecule has 0 atom stereocenters. The van der Waals surface area contributed by atoms with Gasteiger partial charge in [-0.25, -0.2) is 0 Å². The summed E-state index contributed by atoms with van der Waals surface area (Å²) in [5, 5.41) is 6.73. The molecule has 0 aliphatic carbocycles. The summed E-state index contributed by atoms with van der Waals surface area (Å²) in [6.07, 6.45) is 1.58. The first-order valence-corrected chi connectivity index (χ1v) is 7.30. The Hall–Kier alpha value is -3.02. The molecule has 1 N–H and O–H groups in total. The maximum atomic E-state index is 12.0. The lowest BCUT2D eigenvalue weighted by Gasteiger charge is -2.04. The number of pyridine rings is 1. The Labute approximate surface area is 133 Å². The fourth-order valence-electron chi connectivity index (χ4n) is 1.97. The highest BCUT2D eigenvalue weighted by molar-refractivity contribution is 6.02. The van der Waals surface area contributed by atoms with Crippen LogP contribution >= 0.6 is 0 Å². The number of aromatic nitrogens is 3. The molecule has 0 saturated carbocycles. The quantitative estimate of drug-likeness (QED) is 0.797. The van der Waals surface area contributed by atoms with E-state index in [1.807, 2.05) is 26.0 Å². The van der Waals surface area contributed by atoms with Crippen molar-refractivity contribution < 1.29 is 9.32 Å². The number of nitrogens with one attached hydrogen (secondary N) is 1. The van der Waals surface area contributed by atoms with Gasteiger partial charge in [-0.1, -0.05) is 25.1 Å². The zero-order chi connectivity index (χ0) is 16.2. The first kappa shape index (κ1) is 14.9. The summed E-state index contributed by atoms with van der Waals surface area (Å²) < 4.78 is 5.24. The standard InChI is InChI=1S/C17H16N4O2/c1-11(2)15-20-17(23-21-15)12-6-8-13(9-7-12)19-16(22)14-5-3-4-10-18-14/h3-11H,1-2H3,(H,19,22). The highest BCUT2D eigenvalue weighted by Gasteiger charge is 2.12. The topological polar surface area (TPSA) is 80.9 Å². The molecular weight excluding hydrogens is 292 g/mol. The fourth-order valence-corrected chi connectivity index (χ4v) is 1.97. The lowest BCUT2D eigenvalue weighted by atomic mass is 10.2. The maximum absolute atomic E-state index is 12.0. The summed E-state index contributed by atoms with van der Waals surface area (Å²) in [7, 11) is 0. The summed E-state index contributed by atoms with van der Waals surface area (Å²) >= 11 is 0. The van der Waals surface area contributed by atoms with Crippen LogP contribution in [0.2, 0.25) is 0 Å². The van der Waals surface area contributed by atoms with Gasteiger partial charge in [0.25, 0.3) is 11.8 Å². The Morgan fingerprint density at radius 1 is 1.13 bits per heavy atom. The van der Waals surface area contributed by atoms with Crippen LogP contribution < -0.4 is 5.32 Å². The minimum atomic E-state index is -0.252. The Morgan fingerprint density at radius 2 is 1.91 bits per heavy atom. The second-order valence-corrected chi connectivity index (χ2v) is 5.36. The van der Waals surface area contributed by atoms with Crippen molar-refractivity contribution in [2.45, 2.75) is 19.8 Å². The second-order valence-electron chi connectivity index (χ2n) is 5.36. The van der Waals surface area contributed by atoms with Crippen LogP contribution in [0, 0.1) is 0 Å². The van der Waals surface area contributed by atoms with Crippen LogP contribution in [0.25, 0.3) is 11.5 Å². The largest absolute Gasteiger partial charge is 0.334 e. The molecule has 0 bridgehead atoms. The van der Waals surface area contributed by atoms with E-state index < -0.39 is 0 Å². The number of hydrogen-bond acceptors (Lipinski definition) is 5. The van der Waals surface area contributed by atoms with Crippen molar-refractivity contribution in [1.29, 1.82) is 0 Å². The number of carbonyl (C=O) groups is 1. The minimum absolute atomic E-state index is 0.212. The van der Waals surface area contributed by atoms with E-state index >= 15 is 0 Å². The molecule has 6 heteroatoms. The molecule has 0 fully saturated rings. The minimum Gasteiger partial charge on any atom is -0.334 e. The van der Waals surface area contributed by atoms with Crippen LogP contribution in [0.4, 0.5) is 5.69 Å². The average molecular weight is 308 g/mol. The number of rotatable bonds is 4. The van der Waals surface area contributed by atoms with Crippen molar-refractivity contribution in [2.75, 3.05) is 5.32 Å².